The maximum Gasteiger partial charge on any atom is 0.123 e. The summed E-state index contributed by atoms with van der Waals surface area (Å²) in [6.45, 7) is 9.77. The van der Waals surface area contributed by atoms with E-state index in [9.17, 15) is 0 Å². The molecule has 0 aliphatic rings. The molecule has 0 unspecified atom stereocenters. The van der Waals surface area contributed by atoms with Gasteiger partial charge in [-0.1, -0.05) is 55.8 Å². The lowest BCUT2D eigenvalue weighted by Gasteiger charge is -2.08. The molecule has 1 N–H and O–H groups in total. The molecule has 0 bridgehead atoms. The highest BCUT2D eigenvalue weighted by molar-refractivity contribution is 9.10. The van der Waals surface area contributed by atoms with Crippen molar-refractivity contribution in [3.05, 3.63) is 39.3 Å². The Morgan fingerprint density at radius 1 is 1.14 bits per heavy atom. The van der Waals surface area contributed by atoms with Crippen molar-refractivity contribution in [1.82, 2.24) is 10.3 Å². The van der Waals surface area contributed by atoms with Crippen molar-refractivity contribution in [2.45, 2.75) is 46.7 Å². The molecule has 0 saturated carbocycles. The molecule has 1 heterocycles. The predicted molar refractivity (Wildman–Crippen MR) is 95.8 cm³/mol. The molecule has 0 atom stereocenters. The van der Waals surface area contributed by atoms with Crippen molar-refractivity contribution >= 4 is 27.3 Å². The Labute approximate surface area is 140 Å². The molecule has 21 heavy (non-hydrogen) atoms. The Hall–Kier alpha value is -0.710. The van der Waals surface area contributed by atoms with Crippen LogP contribution in [-0.4, -0.2) is 11.0 Å². The first kappa shape index (κ1) is 16.7. The van der Waals surface area contributed by atoms with Gasteiger partial charge in [0.25, 0.3) is 0 Å². The fourth-order valence-electron chi connectivity index (χ4n) is 2.08. The molecule has 2 nitrogen and oxygen atoms in total. The number of aromatic nitrogens is 1. The number of halogens is 1. The zero-order chi connectivity index (χ0) is 15.4. The third kappa shape index (κ3) is 4.90. The highest BCUT2D eigenvalue weighted by atomic mass is 79.9. The van der Waals surface area contributed by atoms with Crippen molar-refractivity contribution in [1.29, 1.82) is 0 Å². The molecule has 4 heteroatoms. The summed E-state index contributed by atoms with van der Waals surface area (Å²) in [4.78, 5) is 6.26. The minimum Gasteiger partial charge on any atom is -0.310 e. The van der Waals surface area contributed by atoms with E-state index in [1.807, 2.05) is 11.3 Å². The van der Waals surface area contributed by atoms with Crippen molar-refractivity contribution < 1.29 is 0 Å². The molecule has 2 rings (SSSR count). The summed E-state index contributed by atoms with van der Waals surface area (Å²) in [5.41, 5.74) is 2.45. The lowest BCUT2D eigenvalue weighted by Crippen LogP contribution is -2.22. The maximum atomic E-state index is 4.89. The number of rotatable bonds is 6. The van der Waals surface area contributed by atoms with E-state index in [4.69, 9.17) is 4.98 Å². The Bertz CT molecular complexity index is 573. The second-order valence-corrected chi connectivity index (χ2v) is 8.03. The number of hydrogen-bond donors (Lipinski definition) is 1. The van der Waals surface area contributed by atoms with Crippen molar-refractivity contribution in [2.75, 3.05) is 0 Å². The Morgan fingerprint density at radius 2 is 1.81 bits per heavy atom. The average molecular weight is 367 g/mol. The van der Waals surface area contributed by atoms with Gasteiger partial charge in [0.15, 0.2) is 0 Å². The molecule has 0 aliphatic heterocycles. The number of benzene rings is 1. The van der Waals surface area contributed by atoms with Crippen molar-refractivity contribution in [2.24, 2.45) is 5.92 Å². The van der Waals surface area contributed by atoms with Gasteiger partial charge >= 0.3 is 0 Å². The first-order valence-corrected chi connectivity index (χ1v) is 9.04. The van der Waals surface area contributed by atoms with Gasteiger partial charge in [-0.2, -0.15) is 0 Å². The highest BCUT2D eigenvalue weighted by Crippen LogP contribution is 2.30. The van der Waals surface area contributed by atoms with E-state index in [1.165, 1.54) is 16.1 Å². The van der Waals surface area contributed by atoms with Gasteiger partial charge < -0.3 is 5.32 Å². The van der Waals surface area contributed by atoms with Gasteiger partial charge in [-0.3, -0.25) is 0 Å². The van der Waals surface area contributed by atoms with Crippen LogP contribution >= 0.6 is 27.3 Å². The van der Waals surface area contributed by atoms with Crippen LogP contribution in [0.3, 0.4) is 0 Å². The average Bonchev–Trinajstić information content (AvgIpc) is 2.79. The summed E-state index contributed by atoms with van der Waals surface area (Å²) >= 11 is 5.30. The minimum atomic E-state index is 0.495. The predicted octanol–water partition coefficient (Wildman–Crippen LogP) is 5.27. The van der Waals surface area contributed by atoms with Crippen LogP contribution in [-0.2, 0) is 13.0 Å². The number of thiazole rings is 1. The normalized spacial score (nSPS) is 11.6. The van der Waals surface area contributed by atoms with E-state index in [0.717, 1.165) is 22.4 Å². The molecule has 0 saturated heterocycles. The maximum absolute atomic E-state index is 4.89. The Balaban J connectivity index is 2.28. The zero-order valence-corrected chi connectivity index (χ0v) is 15.5. The second-order valence-electron chi connectivity index (χ2n) is 6.03. The number of nitrogens with zero attached hydrogens (tertiary/aromatic N) is 1. The zero-order valence-electron chi connectivity index (χ0n) is 13.1. The van der Waals surface area contributed by atoms with Gasteiger partial charge in [0, 0.05) is 27.5 Å². The van der Waals surface area contributed by atoms with Crippen molar-refractivity contribution in [3.8, 4) is 10.6 Å². The molecular weight excluding hydrogens is 344 g/mol. The van der Waals surface area contributed by atoms with Gasteiger partial charge in [0.2, 0.25) is 0 Å². The monoisotopic (exact) mass is 366 g/mol. The molecule has 1 aromatic carbocycles. The van der Waals surface area contributed by atoms with Crippen LogP contribution in [0.2, 0.25) is 0 Å². The Kier molecular flexibility index (Phi) is 5.97. The van der Waals surface area contributed by atoms with Crippen LogP contribution in [0.4, 0.5) is 0 Å². The van der Waals surface area contributed by atoms with Crippen LogP contribution in [0.1, 0.15) is 38.3 Å². The lowest BCUT2D eigenvalue weighted by molar-refractivity contribution is 0.581. The summed E-state index contributed by atoms with van der Waals surface area (Å²) in [5, 5.41) is 4.64. The third-order valence-electron chi connectivity index (χ3n) is 3.14. The topological polar surface area (TPSA) is 24.9 Å². The first-order valence-electron chi connectivity index (χ1n) is 7.43. The van der Waals surface area contributed by atoms with E-state index in [1.54, 1.807) is 0 Å². The second kappa shape index (κ2) is 7.52. The molecule has 0 radical (unpaired) electrons. The van der Waals surface area contributed by atoms with Crippen molar-refractivity contribution in [3.63, 3.8) is 0 Å². The third-order valence-corrected chi connectivity index (χ3v) is 4.82. The molecule has 1 aromatic heterocycles. The number of nitrogens with one attached hydrogen (secondary N) is 1. The quantitative estimate of drug-likeness (QED) is 0.752. The van der Waals surface area contributed by atoms with Crippen LogP contribution in [0.5, 0.6) is 0 Å². The van der Waals surface area contributed by atoms with E-state index in [0.29, 0.717) is 12.0 Å². The fraction of sp³-hybridized carbons (Fsp3) is 0.471. The van der Waals surface area contributed by atoms with E-state index >= 15 is 0 Å². The summed E-state index contributed by atoms with van der Waals surface area (Å²) in [6.07, 6.45) is 1.04. The smallest absolute Gasteiger partial charge is 0.123 e. The van der Waals surface area contributed by atoms with Gasteiger partial charge in [0.1, 0.15) is 5.01 Å². The molecular formula is C17H23BrN2S. The molecule has 114 valence electrons. The van der Waals surface area contributed by atoms with Crippen LogP contribution < -0.4 is 5.32 Å². The molecule has 2 aromatic rings. The van der Waals surface area contributed by atoms with Gasteiger partial charge in [0.05, 0.1) is 5.69 Å². The number of hydrogen-bond acceptors (Lipinski definition) is 3. The SMILES string of the molecule is CC(C)Cc1nc(-c2ccc(Br)cc2)sc1CNC(C)C. The van der Waals surface area contributed by atoms with Crippen LogP contribution in [0.15, 0.2) is 28.7 Å². The first-order chi connectivity index (χ1) is 9.95. The van der Waals surface area contributed by atoms with Gasteiger partial charge in [-0.25, -0.2) is 4.98 Å². The van der Waals surface area contributed by atoms with E-state index in [2.05, 4.69) is 73.2 Å². The van der Waals surface area contributed by atoms with E-state index < -0.39 is 0 Å². The fourth-order valence-corrected chi connectivity index (χ4v) is 3.39. The molecule has 0 aliphatic carbocycles. The van der Waals surface area contributed by atoms with E-state index in [-0.39, 0.29) is 0 Å². The summed E-state index contributed by atoms with van der Waals surface area (Å²) in [5.74, 6) is 0.627. The molecule has 0 spiro atoms. The standard InChI is InChI=1S/C17H23BrN2S/c1-11(2)9-15-16(10-19-12(3)4)21-17(20-15)13-5-7-14(18)8-6-13/h5-8,11-12,19H,9-10H2,1-4H3. The molecule has 0 amide bonds. The van der Waals surface area contributed by atoms with Gasteiger partial charge in [-0.05, 0) is 24.5 Å². The van der Waals surface area contributed by atoms with Gasteiger partial charge in [-0.15, -0.1) is 11.3 Å². The lowest BCUT2D eigenvalue weighted by atomic mass is 10.1. The van der Waals surface area contributed by atoms with Crippen LogP contribution in [0.25, 0.3) is 10.6 Å². The summed E-state index contributed by atoms with van der Waals surface area (Å²) in [7, 11) is 0. The highest BCUT2D eigenvalue weighted by Gasteiger charge is 2.14. The molecule has 0 fully saturated rings. The Morgan fingerprint density at radius 3 is 2.38 bits per heavy atom. The van der Waals surface area contributed by atoms with Crippen LogP contribution in [0, 0.1) is 5.92 Å². The summed E-state index contributed by atoms with van der Waals surface area (Å²) < 4.78 is 1.10. The minimum absolute atomic E-state index is 0.495. The summed E-state index contributed by atoms with van der Waals surface area (Å²) in [6, 6.07) is 8.90. The largest absolute Gasteiger partial charge is 0.310 e.